The Hall–Kier alpha value is -1.89. The third-order valence-electron chi connectivity index (χ3n) is 3.76. The molecule has 7 nitrogen and oxygen atoms in total. The second kappa shape index (κ2) is 5.00. The molecule has 2 rings (SSSR count). The third kappa shape index (κ3) is 2.46. The zero-order valence-electron chi connectivity index (χ0n) is 11.1. The molecule has 1 saturated heterocycles. The summed E-state index contributed by atoms with van der Waals surface area (Å²) >= 11 is 0. The predicted octanol–water partition coefficient (Wildman–Crippen LogP) is 0.743. The number of rotatable bonds is 3. The van der Waals surface area contributed by atoms with Gasteiger partial charge in [0, 0.05) is 25.2 Å². The number of likely N-dealkylation sites (tertiary alicyclic amines) is 1. The summed E-state index contributed by atoms with van der Waals surface area (Å²) in [6.45, 7) is 3.21. The minimum absolute atomic E-state index is 0.0561. The molecule has 2 heterocycles. The molecule has 1 aliphatic rings. The van der Waals surface area contributed by atoms with E-state index in [-0.39, 0.29) is 17.8 Å². The molecule has 19 heavy (non-hydrogen) atoms. The highest BCUT2D eigenvalue weighted by Gasteiger charge is 2.32. The van der Waals surface area contributed by atoms with E-state index in [2.05, 4.69) is 0 Å². The highest BCUT2D eigenvalue weighted by molar-refractivity contribution is 5.93. The Morgan fingerprint density at radius 2 is 2.26 bits per heavy atom. The molecule has 1 aliphatic heterocycles. The molecule has 0 spiro atoms. The summed E-state index contributed by atoms with van der Waals surface area (Å²) in [7, 11) is 1.53. The standard InChI is InChI=1S/C12H18N4O3/c1-8(13)9-5-6-15(7-9)12(17)10-3-4-11(14(10)2)16(18)19/h3-4,8-9H,5-7,13H2,1-2H3. The van der Waals surface area contributed by atoms with E-state index in [1.165, 1.54) is 23.7 Å². The topological polar surface area (TPSA) is 94.4 Å². The van der Waals surface area contributed by atoms with Crippen LogP contribution in [0.1, 0.15) is 23.8 Å². The second-order valence-electron chi connectivity index (χ2n) is 5.05. The lowest BCUT2D eigenvalue weighted by atomic mass is 10.0. The van der Waals surface area contributed by atoms with E-state index in [4.69, 9.17) is 5.73 Å². The van der Waals surface area contributed by atoms with Crippen LogP contribution >= 0.6 is 0 Å². The molecule has 1 aromatic rings. The number of hydrogen-bond acceptors (Lipinski definition) is 4. The van der Waals surface area contributed by atoms with Crippen molar-refractivity contribution in [3.63, 3.8) is 0 Å². The van der Waals surface area contributed by atoms with E-state index in [1.807, 2.05) is 6.92 Å². The molecule has 0 aromatic carbocycles. The van der Waals surface area contributed by atoms with Gasteiger partial charge in [-0.2, -0.15) is 0 Å². The van der Waals surface area contributed by atoms with Gasteiger partial charge in [0.05, 0.1) is 7.05 Å². The smallest absolute Gasteiger partial charge is 0.323 e. The fourth-order valence-electron chi connectivity index (χ4n) is 2.46. The first-order valence-electron chi connectivity index (χ1n) is 6.26. The number of carbonyl (C=O) groups excluding carboxylic acids is 1. The lowest BCUT2D eigenvalue weighted by Gasteiger charge is -2.17. The number of amides is 1. The average Bonchev–Trinajstić information content (AvgIpc) is 2.94. The largest absolute Gasteiger partial charge is 0.358 e. The van der Waals surface area contributed by atoms with Crippen molar-refractivity contribution in [1.82, 2.24) is 9.47 Å². The summed E-state index contributed by atoms with van der Waals surface area (Å²) in [5.74, 6) is 0.0595. The number of carbonyl (C=O) groups is 1. The minimum atomic E-state index is -0.495. The van der Waals surface area contributed by atoms with Crippen LogP contribution in [0.15, 0.2) is 12.1 Å². The van der Waals surface area contributed by atoms with Crippen LogP contribution in [0.2, 0.25) is 0 Å². The Labute approximate surface area is 111 Å². The summed E-state index contributed by atoms with van der Waals surface area (Å²) in [4.78, 5) is 24.3. The quantitative estimate of drug-likeness (QED) is 0.645. The zero-order chi connectivity index (χ0) is 14.2. The maximum atomic E-state index is 12.3. The second-order valence-corrected chi connectivity index (χ2v) is 5.05. The van der Waals surface area contributed by atoms with Gasteiger partial charge in [0.25, 0.3) is 5.91 Å². The number of hydrogen-bond donors (Lipinski definition) is 1. The van der Waals surface area contributed by atoms with Crippen molar-refractivity contribution in [2.24, 2.45) is 18.7 Å². The van der Waals surface area contributed by atoms with Gasteiger partial charge >= 0.3 is 5.82 Å². The molecule has 2 N–H and O–H groups in total. The van der Waals surface area contributed by atoms with E-state index in [9.17, 15) is 14.9 Å². The molecule has 0 aliphatic carbocycles. The predicted molar refractivity (Wildman–Crippen MR) is 69.7 cm³/mol. The monoisotopic (exact) mass is 266 g/mol. The van der Waals surface area contributed by atoms with Crippen LogP contribution in [-0.4, -0.2) is 39.4 Å². The molecule has 0 bridgehead atoms. The number of nitro groups is 1. The molecule has 0 radical (unpaired) electrons. The van der Waals surface area contributed by atoms with Gasteiger partial charge in [-0.1, -0.05) is 0 Å². The summed E-state index contributed by atoms with van der Waals surface area (Å²) in [5, 5.41) is 10.8. The Morgan fingerprint density at radius 1 is 1.58 bits per heavy atom. The maximum Gasteiger partial charge on any atom is 0.323 e. The van der Waals surface area contributed by atoms with Crippen LogP contribution in [0.3, 0.4) is 0 Å². The van der Waals surface area contributed by atoms with Crippen LogP contribution < -0.4 is 5.73 Å². The van der Waals surface area contributed by atoms with Crippen molar-refractivity contribution >= 4 is 11.7 Å². The Kier molecular flexibility index (Phi) is 3.57. The average molecular weight is 266 g/mol. The van der Waals surface area contributed by atoms with Crippen molar-refractivity contribution < 1.29 is 9.72 Å². The van der Waals surface area contributed by atoms with Crippen molar-refractivity contribution in [1.29, 1.82) is 0 Å². The van der Waals surface area contributed by atoms with Crippen molar-refractivity contribution in [2.45, 2.75) is 19.4 Å². The van der Waals surface area contributed by atoms with E-state index in [0.717, 1.165) is 6.42 Å². The Bertz CT molecular complexity index is 509. The molecule has 1 aromatic heterocycles. The van der Waals surface area contributed by atoms with Gasteiger partial charge in [0.2, 0.25) is 0 Å². The van der Waals surface area contributed by atoms with Crippen molar-refractivity contribution in [3.8, 4) is 0 Å². The molecule has 7 heteroatoms. The molecule has 2 atom stereocenters. The van der Waals surface area contributed by atoms with E-state index >= 15 is 0 Å². The maximum absolute atomic E-state index is 12.3. The zero-order valence-corrected chi connectivity index (χ0v) is 11.1. The first kappa shape index (κ1) is 13.5. The summed E-state index contributed by atoms with van der Waals surface area (Å²) in [5.41, 5.74) is 6.18. The van der Waals surface area contributed by atoms with Gasteiger partial charge in [-0.05, 0) is 30.3 Å². The molecule has 2 unspecified atom stereocenters. The van der Waals surface area contributed by atoms with E-state index in [0.29, 0.717) is 24.7 Å². The summed E-state index contributed by atoms with van der Waals surface area (Å²) in [6.07, 6.45) is 0.885. The first-order valence-corrected chi connectivity index (χ1v) is 6.26. The van der Waals surface area contributed by atoms with Gasteiger partial charge in [-0.15, -0.1) is 0 Å². The van der Waals surface area contributed by atoms with Crippen LogP contribution in [-0.2, 0) is 7.05 Å². The highest BCUT2D eigenvalue weighted by Crippen LogP contribution is 2.22. The van der Waals surface area contributed by atoms with Gasteiger partial charge in [0.15, 0.2) is 5.69 Å². The minimum Gasteiger partial charge on any atom is -0.358 e. The first-order chi connectivity index (χ1) is 8.91. The van der Waals surface area contributed by atoms with Gasteiger partial charge < -0.3 is 20.7 Å². The van der Waals surface area contributed by atoms with Gasteiger partial charge in [0.1, 0.15) is 0 Å². The number of nitrogens with two attached hydrogens (primary N) is 1. The molecule has 1 amide bonds. The fraction of sp³-hybridized carbons (Fsp3) is 0.583. The lowest BCUT2D eigenvalue weighted by Crippen LogP contribution is -2.33. The van der Waals surface area contributed by atoms with Crippen LogP contribution in [0.5, 0.6) is 0 Å². The van der Waals surface area contributed by atoms with E-state index < -0.39 is 4.92 Å². The SMILES string of the molecule is CC(N)C1CCN(C(=O)c2ccc([N+](=O)[O-])n2C)C1. The van der Waals surface area contributed by atoms with Crippen LogP contribution in [0, 0.1) is 16.0 Å². The summed E-state index contributed by atoms with van der Waals surface area (Å²) in [6, 6.07) is 2.91. The van der Waals surface area contributed by atoms with Crippen molar-refractivity contribution in [3.05, 3.63) is 27.9 Å². The molecule has 0 saturated carbocycles. The van der Waals surface area contributed by atoms with E-state index in [1.54, 1.807) is 4.90 Å². The fourth-order valence-corrected chi connectivity index (χ4v) is 2.46. The Morgan fingerprint density at radius 3 is 2.74 bits per heavy atom. The number of aromatic nitrogens is 1. The van der Waals surface area contributed by atoms with Crippen LogP contribution in [0.25, 0.3) is 0 Å². The summed E-state index contributed by atoms with van der Waals surface area (Å²) < 4.78 is 1.32. The normalized spacial score (nSPS) is 20.6. The van der Waals surface area contributed by atoms with Gasteiger partial charge in [-0.3, -0.25) is 4.79 Å². The third-order valence-corrected chi connectivity index (χ3v) is 3.76. The highest BCUT2D eigenvalue weighted by atomic mass is 16.6. The Balaban J connectivity index is 2.15. The molecular weight excluding hydrogens is 248 g/mol. The van der Waals surface area contributed by atoms with Crippen molar-refractivity contribution in [2.75, 3.05) is 13.1 Å². The number of nitrogens with zero attached hydrogens (tertiary/aromatic N) is 3. The molecule has 104 valence electrons. The molecule has 1 fully saturated rings. The van der Waals surface area contributed by atoms with Crippen LogP contribution in [0.4, 0.5) is 5.82 Å². The molecular formula is C12H18N4O3. The lowest BCUT2D eigenvalue weighted by molar-refractivity contribution is -0.391. The van der Waals surface area contributed by atoms with Gasteiger partial charge in [-0.25, -0.2) is 4.57 Å².